The fourth-order valence-electron chi connectivity index (χ4n) is 2.00. The second-order valence-corrected chi connectivity index (χ2v) is 5.89. The van der Waals surface area contributed by atoms with Crippen molar-refractivity contribution in [2.45, 2.75) is 32.6 Å². The van der Waals surface area contributed by atoms with Crippen LogP contribution >= 0.6 is 0 Å². The van der Waals surface area contributed by atoms with Gasteiger partial charge in [0.05, 0.1) is 0 Å². The van der Waals surface area contributed by atoms with E-state index in [9.17, 15) is 4.79 Å². The molecule has 1 heteroatoms. The first-order valence-electron chi connectivity index (χ1n) is 6.65. The Hall–Kier alpha value is -1.89. The number of carbonyl (C=O) groups excluding carboxylic acids is 1. The van der Waals surface area contributed by atoms with E-state index in [4.69, 9.17) is 0 Å². The molecular weight excluding hydrogens is 232 g/mol. The van der Waals surface area contributed by atoms with Crippen molar-refractivity contribution in [3.05, 3.63) is 65.3 Å². The summed E-state index contributed by atoms with van der Waals surface area (Å²) in [6.45, 7) is 6.59. The topological polar surface area (TPSA) is 17.1 Å². The molecule has 0 aliphatic heterocycles. The predicted molar refractivity (Wildman–Crippen MR) is 81.0 cm³/mol. The highest BCUT2D eigenvalue weighted by atomic mass is 16.1. The lowest BCUT2D eigenvalue weighted by Crippen LogP contribution is -2.10. The van der Waals surface area contributed by atoms with Crippen molar-refractivity contribution in [1.29, 1.82) is 0 Å². The minimum absolute atomic E-state index is 0.102. The first kappa shape index (κ1) is 13.5. The molecule has 0 fully saturated rings. The smallest absolute Gasteiger partial charge is 0.182 e. The van der Waals surface area contributed by atoms with Gasteiger partial charge < -0.3 is 0 Å². The molecule has 2 rings (SSSR count). The highest BCUT2D eigenvalue weighted by molar-refractivity contribution is 6.07. The van der Waals surface area contributed by atoms with Crippen LogP contribution in [-0.4, -0.2) is 5.78 Å². The van der Waals surface area contributed by atoms with E-state index in [0.717, 1.165) is 17.6 Å². The molecule has 0 bridgehead atoms. The summed E-state index contributed by atoms with van der Waals surface area (Å²) < 4.78 is 0. The van der Waals surface area contributed by atoms with Gasteiger partial charge in [0, 0.05) is 5.57 Å². The summed E-state index contributed by atoms with van der Waals surface area (Å²) in [5, 5.41) is 0. The van der Waals surface area contributed by atoms with Crippen LogP contribution in [0.5, 0.6) is 0 Å². The minimum atomic E-state index is 0.102. The number of ketones is 1. The van der Waals surface area contributed by atoms with Crippen LogP contribution in [0.4, 0.5) is 0 Å². The third-order valence-corrected chi connectivity index (χ3v) is 3.29. The zero-order valence-corrected chi connectivity index (χ0v) is 11.8. The monoisotopic (exact) mass is 252 g/mol. The van der Waals surface area contributed by atoms with E-state index in [2.05, 4.69) is 45.0 Å². The van der Waals surface area contributed by atoms with Crippen LogP contribution in [-0.2, 0) is 10.2 Å². The molecule has 0 heterocycles. The van der Waals surface area contributed by atoms with E-state index < -0.39 is 0 Å². The molecule has 0 saturated heterocycles. The first-order chi connectivity index (χ1) is 8.97. The van der Waals surface area contributed by atoms with E-state index in [-0.39, 0.29) is 11.2 Å². The molecule has 1 aromatic rings. The Labute approximate surface area is 115 Å². The zero-order chi connectivity index (χ0) is 13.9. The average Bonchev–Trinajstić information content (AvgIpc) is 2.89. The Morgan fingerprint density at radius 2 is 1.84 bits per heavy atom. The summed E-state index contributed by atoms with van der Waals surface area (Å²) in [5.74, 6) is 0.102. The van der Waals surface area contributed by atoms with Crippen LogP contribution < -0.4 is 0 Å². The molecule has 19 heavy (non-hydrogen) atoms. The SMILES string of the molecule is CC(C)(C)c1ccc(/C=C/C(=O)C2=CC=CC2)cc1. The number of hydrogen-bond acceptors (Lipinski definition) is 1. The molecule has 0 aromatic heterocycles. The van der Waals surface area contributed by atoms with Crippen molar-refractivity contribution in [2.75, 3.05) is 0 Å². The van der Waals surface area contributed by atoms with Gasteiger partial charge in [-0.15, -0.1) is 0 Å². The Morgan fingerprint density at radius 1 is 1.16 bits per heavy atom. The normalized spacial score (nSPS) is 15.0. The Balaban J connectivity index is 2.05. The largest absolute Gasteiger partial charge is 0.290 e. The van der Waals surface area contributed by atoms with Crippen LogP contribution in [0.15, 0.2) is 54.1 Å². The maximum Gasteiger partial charge on any atom is 0.182 e. The minimum Gasteiger partial charge on any atom is -0.290 e. The molecule has 0 saturated carbocycles. The van der Waals surface area contributed by atoms with E-state index in [1.807, 2.05) is 24.3 Å². The molecule has 0 radical (unpaired) electrons. The predicted octanol–water partition coefficient (Wildman–Crippen LogP) is 4.45. The summed E-state index contributed by atoms with van der Waals surface area (Å²) in [5.41, 5.74) is 3.40. The van der Waals surface area contributed by atoms with E-state index in [1.165, 1.54) is 5.56 Å². The average molecular weight is 252 g/mol. The Morgan fingerprint density at radius 3 is 2.37 bits per heavy atom. The molecule has 0 N–H and O–H groups in total. The molecule has 0 spiro atoms. The van der Waals surface area contributed by atoms with E-state index >= 15 is 0 Å². The summed E-state index contributed by atoms with van der Waals surface area (Å²) in [6, 6.07) is 8.37. The number of allylic oxidation sites excluding steroid dienone is 5. The Bertz CT molecular complexity index is 548. The van der Waals surface area contributed by atoms with Gasteiger partial charge in [0.1, 0.15) is 0 Å². The standard InChI is InChI=1S/C18H20O/c1-18(2,3)16-11-8-14(9-12-16)10-13-17(19)15-6-4-5-7-15/h4-6,8-13H,7H2,1-3H3/b13-10+. The lowest BCUT2D eigenvalue weighted by atomic mass is 9.87. The number of benzene rings is 1. The van der Waals surface area contributed by atoms with Gasteiger partial charge in [0.2, 0.25) is 0 Å². The lowest BCUT2D eigenvalue weighted by Gasteiger charge is -2.18. The molecule has 1 nitrogen and oxygen atoms in total. The maximum absolute atomic E-state index is 11.8. The van der Waals surface area contributed by atoms with Gasteiger partial charge in [-0.1, -0.05) is 69.3 Å². The van der Waals surface area contributed by atoms with Crippen molar-refractivity contribution in [3.63, 3.8) is 0 Å². The molecule has 1 aliphatic rings. The van der Waals surface area contributed by atoms with E-state index in [0.29, 0.717) is 0 Å². The fraction of sp³-hybridized carbons (Fsp3) is 0.278. The third kappa shape index (κ3) is 3.54. The summed E-state index contributed by atoms with van der Waals surface area (Å²) >= 11 is 0. The second-order valence-electron chi connectivity index (χ2n) is 5.89. The highest BCUT2D eigenvalue weighted by Gasteiger charge is 2.12. The molecular formula is C18H20O. The molecule has 98 valence electrons. The summed E-state index contributed by atoms with van der Waals surface area (Å²) in [4.78, 5) is 11.8. The molecule has 1 aromatic carbocycles. The maximum atomic E-state index is 11.8. The van der Waals surface area contributed by atoms with Gasteiger partial charge in [0.15, 0.2) is 5.78 Å². The molecule has 0 amide bonds. The highest BCUT2D eigenvalue weighted by Crippen LogP contribution is 2.22. The first-order valence-corrected chi connectivity index (χ1v) is 6.65. The molecule has 0 unspecified atom stereocenters. The quantitative estimate of drug-likeness (QED) is 0.726. The van der Waals surface area contributed by atoms with Crippen LogP contribution in [0.1, 0.15) is 38.3 Å². The third-order valence-electron chi connectivity index (χ3n) is 3.29. The van der Waals surface area contributed by atoms with Gasteiger partial charge in [-0.2, -0.15) is 0 Å². The lowest BCUT2D eigenvalue weighted by molar-refractivity contribution is -0.111. The van der Waals surface area contributed by atoms with Crippen molar-refractivity contribution in [3.8, 4) is 0 Å². The van der Waals surface area contributed by atoms with Crippen LogP contribution in [0, 0.1) is 0 Å². The number of carbonyl (C=O) groups is 1. The van der Waals surface area contributed by atoms with Crippen LogP contribution in [0.2, 0.25) is 0 Å². The van der Waals surface area contributed by atoms with Crippen LogP contribution in [0.3, 0.4) is 0 Å². The Kier molecular flexibility index (Phi) is 3.84. The van der Waals surface area contributed by atoms with Crippen molar-refractivity contribution >= 4 is 11.9 Å². The van der Waals surface area contributed by atoms with Crippen molar-refractivity contribution in [2.24, 2.45) is 0 Å². The second kappa shape index (κ2) is 5.40. The van der Waals surface area contributed by atoms with Gasteiger partial charge >= 0.3 is 0 Å². The van der Waals surface area contributed by atoms with Gasteiger partial charge in [0.25, 0.3) is 0 Å². The van der Waals surface area contributed by atoms with Gasteiger partial charge in [-0.25, -0.2) is 0 Å². The van der Waals surface area contributed by atoms with Gasteiger partial charge in [-0.3, -0.25) is 4.79 Å². The summed E-state index contributed by atoms with van der Waals surface area (Å²) in [7, 11) is 0. The van der Waals surface area contributed by atoms with Crippen molar-refractivity contribution in [1.82, 2.24) is 0 Å². The van der Waals surface area contributed by atoms with Crippen LogP contribution in [0.25, 0.3) is 6.08 Å². The van der Waals surface area contributed by atoms with E-state index in [1.54, 1.807) is 6.08 Å². The van der Waals surface area contributed by atoms with Gasteiger partial charge in [-0.05, 0) is 29.0 Å². The van der Waals surface area contributed by atoms with Crippen molar-refractivity contribution < 1.29 is 4.79 Å². The summed E-state index contributed by atoms with van der Waals surface area (Å²) in [6.07, 6.45) is 10.1. The zero-order valence-electron chi connectivity index (χ0n) is 11.8. The molecule has 0 atom stereocenters. The fourth-order valence-corrected chi connectivity index (χ4v) is 2.00. The number of rotatable bonds is 3. The molecule has 1 aliphatic carbocycles. The number of hydrogen-bond donors (Lipinski definition) is 0.